The third-order valence-corrected chi connectivity index (χ3v) is 4.56. The van der Waals surface area contributed by atoms with E-state index in [1.807, 2.05) is 13.0 Å². The van der Waals surface area contributed by atoms with Crippen LogP contribution in [-0.4, -0.2) is 20.7 Å². The number of benzene rings is 1. The molecule has 1 aromatic carbocycles. The highest BCUT2D eigenvalue weighted by molar-refractivity contribution is 7.92. The molecule has 1 heterocycles. The first-order valence-corrected chi connectivity index (χ1v) is 8.94. The topological polar surface area (TPSA) is 88.4 Å². The van der Waals surface area contributed by atoms with Crippen molar-refractivity contribution in [3.63, 3.8) is 0 Å². The van der Waals surface area contributed by atoms with E-state index >= 15 is 0 Å². The highest BCUT2D eigenvalue weighted by atomic mass is 32.2. The fourth-order valence-corrected chi connectivity index (χ4v) is 3.29. The Balaban J connectivity index is 2.60. The summed E-state index contributed by atoms with van der Waals surface area (Å²) in [6.45, 7) is 4.37. The van der Waals surface area contributed by atoms with Crippen LogP contribution in [-0.2, 0) is 10.0 Å². The van der Waals surface area contributed by atoms with E-state index in [0.717, 1.165) is 6.42 Å². The molecule has 0 aliphatic heterocycles. The lowest BCUT2D eigenvalue weighted by Gasteiger charge is -2.14. The van der Waals surface area contributed by atoms with Gasteiger partial charge in [-0.25, -0.2) is 13.2 Å². The minimum absolute atomic E-state index is 0.0491. The second-order valence-electron chi connectivity index (χ2n) is 4.98. The number of sulfonamides is 1. The summed E-state index contributed by atoms with van der Waals surface area (Å²) in [7, 11) is -3.57. The van der Waals surface area contributed by atoms with Crippen LogP contribution in [0.15, 0.2) is 33.5 Å². The zero-order chi connectivity index (χ0) is 16.2. The molecule has 7 heteroatoms. The maximum Gasteiger partial charge on any atom is 0.363 e. The van der Waals surface area contributed by atoms with Gasteiger partial charge in [0, 0.05) is 11.9 Å². The van der Waals surface area contributed by atoms with Gasteiger partial charge in [0.05, 0.1) is 11.4 Å². The second-order valence-corrected chi connectivity index (χ2v) is 6.83. The van der Waals surface area contributed by atoms with Crippen molar-refractivity contribution in [2.75, 3.05) is 22.3 Å². The second kappa shape index (κ2) is 6.83. The fourth-order valence-electron chi connectivity index (χ4n) is 2.15. The van der Waals surface area contributed by atoms with Gasteiger partial charge >= 0.3 is 5.63 Å². The van der Waals surface area contributed by atoms with Crippen molar-refractivity contribution in [1.29, 1.82) is 0 Å². The molecular weight excluding hydrogens is 304 g/mol. The fraction of sp³-hybridized carbons (Fsp3) is 0.400. The molecule has 0 spiro atoms. The summed E-state index contributed by atoms with van der Waals surface area (Å²) < 4.78 is 31.6. The molecule has 2 aromatic rings. The Kier molecular flexibility index (Phi) is 5.07. The van der Waals surface area contributed by atoms with Crippen molar-refractivity contribution >= 4 is 32.4 Å². The molecule has 2 N–H and O–H groups in total. The summed E-state index contributed by atoms with van der Waals surface area (Å²) in [5.41, 5.74) is 0.135. The van der Waals surface area contributed by atoms with Crippen LogP contribution in [0.1, 0.15) is 26.7 Å². The van der Waals surface area contributed by atoms with Gasteiger partial charge in [0.15, 0.2) is 5.69 Å². The number of para-hydroxylation sites is 1. The van der Waals surface area contributed by atoms with Gasteiger partial charge in [0.2, 0.25) is 10.0 Å². The first kappa shape index (κ1) is 16.4. The molecule has 0 saturated heterocycles. The molecule has 2 rings (SSSR count). The van der Waals surface area contributed by atoms with Crippen LogP contribution in [0.5, 0.6) is 0 Å². The summed E-state index contributed by atoms with van der Waals surface area (Å²) in [6, 6.07) is 7.03. The Morgan fingerprint density at radius 1 is 1.09 bits per heavy atom. The van der Waals surface area contributed by atoms with Crippen LogP contribution in [0.2, 0.25) is 0 Å². The quantitative estimate of drug-likeness (QED) is 0.765. The van der Waals surface area contributed by atoms with E-state index in [9.17, 15) is 13.2 Å². The van der Waals surface area contributed by atoms with E-state index in [-0.39, 0.29) is 11.4 Å². The standard InChI is InChI=1S/C15H20N2O4S/c1-3-9-16-13-11-7-5-6-8-12(11)21-15(18)14(13)17-22(19,20)10-4-2/h5-8,16-17H,3-4,9-10H2,1-2H3. The van der Waals surface area contributed by atoms with E-state index in [1.165, 1.54) is 0 Å². The first-order valence-electron chi connectivity index (χ1n) is 7.28. The normalized spacial score (nSPS) is 11.5. The van der Waals surface area contributed by atoms with Crippen molar-refractivity contribution in [3.05, 3.63) is 34.7 Å². The highest BCUT2D eigenvalue weighted by Gasteiger charge is 2.19. The number of fused-ring (bicyclic) bond motifs is 1. The Morgan fingerprint density at radius 3 is 2.50 bits per heavy atom. The monoisotopic (exact) mass is 324 g/mol. The van der Waals surface area contributed by atoms with Crippen molar-refractivity contribution < 1.29 is 12.8 Å². The van der Waals surface area contributed by atoms with Crippen molar-refractivity contribution in [1.82, 2.24) is 0 Å². The lowest BCUT2D eigenvalue weighted by molar-refractivity contribution is 0.563. The molecule has 0 aliphatic carbocycles. The summed E-state index contributed by atoms with van der Waals surface area (Å²) in [5.74, 6) is -0.0491. The molecule has 0 radical (unpaired) electrons. The molecule has 0 atom stereocenters. The van der Waals surface area contributed by atoms with Crippen molar-refractivity contribution in [2.24, 2.45) is 0 Å². The van der Waals surface area contributed by atoms with Gasteiger partial charge in [-0.2, -0.15) is 0 Å². The Bertz CT molecular complexity index is 812. The maximum absolute atomic E-state index is 12.2. The van der Waals surface area contributed by atoms with Gasteiger partial charge in [-0.05, 0) is 25.0 Å². The first-order chi connectivity index (χ1) is 10.5. The van der Waals surface area contributed by atoms with Crippen LogP contribution in [0.3, 0.4) is 0 Å². The summed E-state index contributed by atoms with van der Waals surface area (Å²) in [5, 5.41) is 3.80. The van der Waals surface area contributed by atoms with E-state index in [0.29, 0.717) is 29.6 Å². The van der Waals surface area contributed by atoms with Crippen LogP contribution < -0.4 is 15.7 Å². The lowest BCUT2D eigenvalue weighted by atomic mass is 10.2. The van der Waals surface area contributed by atoms with Crippen molar-refractivity contribution in [2.45, 2.75) is 26.7 Å². The lowest BCUT2D eigenvalue weighted by Crippen LogP contribution is -2.22. The van der Waals surface area contributed by atoms with Gasteiger partial charge in [0.1, 0.15) is 5.58 Å². The molecule has 0 bridgehead atoms. The predicted molar refractivity (Wildman–Crippen MR) is 89.0 cm³/mol. The smallest absolute Gasteiger partial charge is 0.363 e. The van der Waals surface area contributed by atoms with Gasteiger partial charge in [0.25, 0.3) is 0 Å². The van der Waals surface area contributed by atoms with Crippen LogP contribution in [0.4, 0.5) is 11.4 Å². The third-order valence-electron chi connectivity index (χ3n) is 3.10. The molecule has 22 heavy (non-hydrogen) atoms. The van der Waals surface area contributed by atoms with Crippen LogP contribution in [0.25, 0.3) is 11.0 Å². The number of nitrogens with one attached hydrogen (secondary N) is 2. The Hall–Kier alpha value is -2.02. The Labute approximate surface area is 129 Å². The third kappa shape index (κ3) is 3.59. The molecule has 0 amide bonds. The van der Waals surface area contributed by atoms with Gasteiger partial charge in [-0.15, -0.1) is 0 Å². The highest BCUT2D eigenvalue weighted by Crippen LogP contribution is 2.29. The van der Waals surface area contributed by atoms with Gasteiger partial charge in [-0.3, -0.25) is 4.72 Å². The summed E-state index contributed by atoms with van der Waals surface area (Å²) in [4.78, 5) is 12.2. The molecule has 1 aromatic heterocycles. The van der Waals surface area contributed by atoms with Crippen molar-refractivity contribution in [3.8, 4) is 0 Å². The number of anilines is 2. The van der Waals surface area contributed by atoms with Crippen LogP contribution >= 0.6 is 0 Å². The minimum atomic E-state index is -3.57. The minimum Gasteiger partial charge on any atom is -0.421 e. The average molecular weight is 324 g/mol. The van der Waals surface area contributed by atoms with E-state index in [2.05, 4.69) is 10.0 Å². The molecular formula is C15H20N2O4S. The van der Waals surface area contributed by atoms with E-state index in [1.54, 1.807) is 25.1 Å². The van der Waals surface area contributed by atoms with Gasteiger partial charge < -0.3 is 9.73 Å². The van der Waals surface area contributed by atoms with Gasteiger partial charge in [-0.1, -0.05) is 26.0 Å². The SMILES string of the molecule is CCCNc1c(NS(=O)(=O)CCC)c(=O)oc2ccccc12. The number of rotatable bonds is 7. The number of hydrogen-bond acceptors (Lipinski definition) is 5. The molecule has 0 saturated carbocycles. The maximum atomic E-state index is 12.2. The molecule has 6 nitrogen and oxygen atoms in total. The zero-order valence-electron chi connectivity index (χ0n) is 12.7. The summed E-state index contributed by atoms with van der Waals surface area (Å²) in [6.07, 6.45) is 1.31. The van der Waals surface area contributed by atoms with E-state index < -0.39 is 15.6 Å². The van der Waals surface area contributed by atoms with Crippen LogP contribution in [0, 0.1) is 0 Å². The molecule has 0 fully saturated rings. The zero-order valence-corrected chi connectivity index (χ0v) is 13.5. The molecule has 120 valence electrons. The summed E-state index contributed by atoms with van der Waals surface area (Å²) >= 11 is 0. The predicted octanol–water partition coefficient (Wildman–Crippen LogP) is 2.77. The average Bonchev–Trinajstić information content (AvgIpc) is 2.47. The number of hydrogen-bond donors (Lipinski definition) is 2. The molecule has 0 aliphatic rings. The molecule has 0 unspecified atom stereocenters. The largest absolute Gasteiger partial charge is 0.421 e. The Morgan fingerprint density at radius 2 is 1.82 bits per heavy atom. The van der Waals surface area contributed by atoms with E-state index in [4.69, 9.17) is 4.42 Å².